The summed E-state index contributed by atoms with van der Waals surface area (Å²) in [6.07, 6.45) is 2.19. The quantitative estimate of drug-likeness (QED) is 0.367. The smallest absolute Gasteiger partial charge is 0.336 e. The van der Waals surface area contributed by atoms with E-state index >= 15 is 0 Å². The van der Waals surface area contributed by atoms with E-state index in [-0.39, 0.29) is 30.9 Å². The van der Waals surface area contributed by atoms with Gasteiger partial charge in [-0.3, -0.25) is 19.0 Å². The molecule has 1 saturated heterocycles. The predicted molar refractivity (Wildman–Crippen MR) is 149 cm³/mol. The van der Waals surface area contributed by atoms with Crippen LogP contribution >= 0.6 is 0 Å². The van der Waals surface area contributed by atoms with Gasteiger partial charge in [-0.2, -0.15) is 0 Å². The highest BCUT2D eigenvalue weighted by Crippen LogP contribution is 2.15. The first kappa shape index (κ1) is 26.1. The largest absolute Gasteiger partial charge is 0.376 e. The van der Waals surface area contributed by atoms with Crippen LogP contribution in [-0.2, 0) is 27.3 Å². The van der Waals surface area contributed by atoms with E-state index in [0.29, 0.717) is 28.8 Å². The number of nitrogens with zero attached hydrogens (tertiary/aromatic N) is 2. The lowest BCUT2D eigenvalue weighted by Crippen LogP contribution is -2.40. The van der Waals surface area contributed by atoms with Crippen molar-refractivity contribution < 1.29 is 14.3 Å². The van der Waals surface area contributed by atoms with Gasteiger partial charge in [-0.1, -0.05) is 42.5 Å². The number of ether oxygens (including phenoxy) is 1. The highest BCUT2D eigenvalue weighted by atomic mass is 16.5. The van der Waals surface area contributed by atoms with Crippen LogP contribution in [0.3, 0.4) is 0 Å². The van der Waals surface area contributed by atoms with Crippen LogP contribution in [0.15, 0.2) is 82.4 Å². The van der Waals surface area contributed by atoms with Gasteiger partial charge in [-0.05, 0) is 61.2 Å². The summed E-state index contributed by atoms with van der Waals surface area (Å²) in [5.41, 5.74) is 1.93. The molecule has 0 saturated carbocycles. The molecule has 200 valence electrons. The maximum absolute atomic E-state index is 13.6. The van der Waals surface area contributed by atoms with E-state index in [4.69, 9.17) is 4.74 Å². The normalized spacial score (nSPS) is 14.8. The third kappa shape index (κ3) is 5.83. The zero-order valence-electron chi connectivity index (χ0n) is 21.7. The molecule has 9 nitrogen and oxygen atoms in total. The number of para-hydroxylation sites is 2. The van der Waals surface area contributed by atoms with Gasteiger partial charge >= 0.3 is 5.69 Å². The molecule has 0 bridgehead atoms. The fraction of sp³-hybridized carbons (Fsp3) is 0.267. The molecule has 1 aliphatic rings. The van der Waals surface area contributed by atoms with Gasteiger partial charge in [0.25, 0.3) is 5.56 Å². The molecule has 2 N–H and O–H groups in total. The molecule has 9 heteroatoms. The highest BCUT2D eigenvalue weighted by Gasteiger charge is 2.18. The number of fused-ring (bicyclic) bond motifs is 1. The standard InChI is InChI=1S/C30H30N4O5/c1-20-7-2-4-10-25(20)32-28(36)19-33-26-11-5-3-9-24(26)29(37)34(30(33)38)22-14-12-21(13-15-22)17-27(35)31-18-23-8-6-16-39-23/h2-5,7,9-15,23H,6,8,16-19H2,1H3,(H,31,35)(H,32,36)/t23-/m0/s1. The Hall–Kier alpha value is -4.50. The molecule has 3 aromatic carbocycles. The summed E-state index contributed by atoms with van der Waals surface area (Å²) in [5.74, 6) is -0.505. The summed E-state index contributed by atoms with van der Waals surface area (Å²) in [4.78, 5) is 52.3. The molecule has 5 rings (SSSR count). The van der Waals surface area contributed by atoms with Crippen LogP contribution in [0.2, 0.25) is 0 Å². The zero-order chi connectivity index (χ0) is 27.4. The second-order valence-electron chi connectivity index (χ2n) is 9.67. The van der Waals surface area contributed by atoms with Crippen LogP contribution in [-0.4, -0.2) is 40.2 Å². The monoisotopic (exact) mass is 526 g/mol. The first-order valence-electron chi connectivity index (χ1n) is 13.0. The minimum Gasteiger partial charge on any atom is -0.376 e. The van der Waals surface area contributed by atoms with E-state index in [0.717, 1.165) is 35.1 Å². The Morgan fingerprint density at radius 3 is 2.44 bits per heavy atom. The average molecular weight is 527 g/mol. The molecule has 1 atom stereocenters. The van der Waals surface area contributed by atoms with Crippen molar-refractivity contribution in [2.24, 2.45) is 0 Å². The number of nitrogens with one attached hydrogen (secondary N) is 2. The van der Waals surface area contributed by atoms with Crippen LogP contribution in [0.1, 0.15) is 24.0 Å². The minimum atomic E-state index is -0.624. The van der Waals surface area contributed by atoms with Crippen molar-refractivity contribution in [1.29, 1.82) is 0 Å². The van der Waals surface area contributed by atoms with Crippen molar-refractivity contribution in [2.45, 2.75) is 38.8 Å². The number of carbonyl (C=O) groups is 2. The molecule has 0 spiro atoms. The van der Waals surface area contributed by atoms with E-state index < -0.39 is 11.2 Å². The van der Waals surface area contributed by atoms with E-state index in [9.17, 15) is 19.2 Å². The Labute approximate surface area is 225 Å². The number of hydrogen-bond acceptors (Lipinski definition) is 5. The van der Waals surface area contributed by atoms with Gasteiger partial charge in [-0.15, -0.1) is 0 Å². The van der Waals surface area contributed by atoms with Gasteiger partial charge in [0.1, 0.15) is 6.54 Å². The van der Waals surface area contributed by atoms with Gasteiger partial charge in [0.2, 0.25) is 11.8 Å². The summed E-state index contributed by atoms with van der Waals surface area (Å²) in [6.45, 7) is 2.83. The summed E-state index contributed by atoms with van der Waals surface area (Å²) in [7, 11) is 0. The topological polar surface area (TPSA) is 111 Å². The second kappa shape index (κ2) is 11.5. The molecule has 1 aliphatic heterocycles. The molecular formula is C30H30N4O5. The Kier molecular flexibility index (Phi) is 7.69. The van der Waals surface area contributed by atoms with Crippen LogP contribution in [0.25, 0.3) is 16.6 Å². The third-order valence-electron chi connectivity index (χ3n) is 6.88. The van der Waals surface area contributed by atoms with E-state index in [1.54, 1.807) is 54.6 Å². The maximum atomic E-state index is 13.6. The number of aryl methyl sites for hydroxylation is 1. The molecule has 0 radical (unpaired) electrons. The molecule has 1 fully saturated rings. The van der Waals surface area contributed by atoms with Crippen molar-refractivity contribution in [3.05, 3.63) is 105 Å². The summed E-state index contributed by atoms with van der Waals surface area (Å²) in [5, 5.41) is 6.06. The van der Waals surface area contributed by atoms with Gasteiger partial charge < -0.3 is 15.4 Å². The summed E-state index contributed by atoms with van der Waals surface area (Å²) < 4.78 is 7.90. The van der Waals surface area contributed by atoms with Crippen molar-refractivity contribution in [1.82, 2.24) is 14.5 Å². The van der Waals surface area contributed by atoms with E-state index in [2.05, 4.69) is 10.6 Å². The number of benzene rings is 3. The van der Waals surface area contributed by atoms with Crippen LogP contribution in [0.4, 0.5) is 5.69 Å². The number of aromatic nitrogens is 2. The highest BCUT2D eigenvalue weighted by molar-refractivity contribution is 5.92. The summed E-state index contributed by atoms with van der Waals surface area (Å²) in [6, 6.07) is 20.8. The minimum absolute atomic E-state index is 0.0667. The van der Waals surface area contributed by atoms with Crippen molar-refractivity contribution in [3.8, 4) is 5.69 Å². The molecule has 0 aliphatic carbocycles. The second-order valence-corrected chi connectivity index (χ2v) is 9.67. The molecule has 4 aromatic rings. The van der Waals surface area contributed by atoms with Gasteiger partial charge in [-0.25, -0.2) is 9.36 Å². The molecule has 39 heavy (non-hydrogen) atoms. The Bertz CT molecular complexity index is 1630. The first-order valence-corrected chi connectivity index (χ1v) is 13.0. The lowest BCUT2D eigenvalue weighted by molar-refractivity contribution is -0.121. The van der Waals surface area contributed by atoms with E-state index in [1.165, 1.54) is 4.57 Å². The Balaban J connectivity index is 1.40. The molecule has 2 heterocycles. The average Bonchev–Trinajstić information content (AvgIpc) is 3.46. The number of amides is 2. The fourth-order valence-corrected chi connectivity index (χ4v) is 4.79. The van der Waals surface area contributed by atoms with Gasteiger partial charge in [0.15, 0.2) is 0 Å². The maximum Gasteiger partial charge on any atom is 0.336 e. The van der Waals surface area contributed by atoms with Crippen LogP contribution in [0, 0.1) is 6.92 Å². The fourth-order valence-electron chi connectivity index (χ4n) is 4.79. The lowest BCUT2D eigenvalue weighted by atomic mass is 10.1. The molecular weight excluding hydrogens is 496 g/mol. The van der Waals surface area contributed by atoms with Gasteiger partial charge in [0, 0.05) is 18.8 Å². The van der Waals surface area contributed by atoms with E-state index in [1.807, 2.05) is 25.1 Å². The molecule has 1 aromatic heterocycles. The summed E-state index contributed by atoms with van der Waals surface area (Å²) >= 11 is 0. The van der Waals surface area contributed by atoms with Crippen LogP contribution in [0.5, 0.6) is 0 Å². The predicted octanol–water partition coefficient (Wildman–Crippen LogP) is 2.94. The number of carbonyl (C=O) groups excluding carboxylic acids is 2. The van der Waals surface area contributed by atoms with Crippen LogP contribution < -0.4 is 21.9 Å². The number of rotatable bonds is 8. The van der Waals surface area contributed by atoms with Crippen molar-refractivity contribution in [2.75, 3.05) is 18.5 Å². The first-order chi connectivity index (χ1) is 18.9. The Morgan fingerprint density at radius 2 is 1.69 bits per heavy atom. The number of anilines is 1. The zero-order valence-corrected chi connectivity index (χ0v) is 21.7. The SMILES string of the molecule is Cc1ccccc1NC(=O)Cn1c(=O)n(-c2ccc(CC(=O)NC[C@@H]3CCCO3)cc2)c(=O)c2ccccc21. The Morgan fingerprint density at radius 1 is 0.949 bits per heavy atom. The third-order valence-corrected chi connectivity index (χ3v) is 6.88. The molecule has 0 unspecified atom stereocenters. The van der Waals surface area contributed by atoms with Crippen molar-refractivity contribution in [3.63, 3.8) is 0 Å². The van der Waals surface area contributed by atoms with Crippen molar-refractivity contribution >= 4 is 28.4 Å². The molecule has 2 amide bonds. The number of hydrogen-bond donors (Lipinski definition) is 2. The van der Waals surface area contributed by atoms with Gasteiger partial charge in [0.05, 0.1) is 29.1 Å². The lowest BCUT2D eigenvalue weighted by Gasteiger charge is -2.15.